The minimum atomic E-state index is -0.477. The minimum Gasteiger partial charge on any atom is -0.491 e. The fourth-order valence-corrected chi connectivity index (χ4v) is 2.94. The summed E-state index contributed by atoms with van der Waals surface area (Å²) < 4.78 is 6.51. The molecular formula is C16H24N2O3. The zero-order valence-corrected chi connectivity index (χ0v) is 12.8. The predicted molar refractivity (Wildman–Crippen MR) is 81.6 cm³/mol. The van der Waals surface area contributed by atoms with Crippen molar-refractivity contribution in [1.82, 2.24) is 9.88 Å². The number of methoxy groups -OCH3 is 1. The molecule has 0 bridgehead atoms. The molecule has 0 aromatic carbocycles. The van der Waals surface area contributed by atoms with Gasteiger partial charge in [0.1, 0.15) is 6.04 Å². The van der Waals surface area contributed by atoms with Crippen LogP contribution in [0, 0.1) is 0 Å². The molecule has 1 aromatic heterocycles. The summed E-state index contributed by atoms with van der Waals surface area (Å²) in [7, 11) is 1.46. The van der Waals surface area contributed by atoms with Crippen LogP contribution in [0.25, 0.3) is 0 Å². The Hall–Kier alpha value is -1.78. The summed E-state index contributed by atoms with van der Waals surface area (Å²) in [5.74, 6) is 0.196. The Morgan fingerprint density at radius 2 is 2.14 bits per heavy atom. The van der Waals surface area contributed by atoms with Gasteiger partial charge in [-0.05, 0) is 31.4 Å². The van der Waals surface area contributed by atoms with Gasteiger partial charge in [-0.3, -0.25) is 14.2 Å². The van der Waals surface area contributed by atoms with Gasteiger partial charge in [-0.25, -0.2) is 0 Å². The third-order valence-corrected chi connectivity index (χ3v) is 4.14. The Morgan fingerprint density at radius 1 is 1.43 bits per heavy atom. The average Bonchev–Trinajstić information content (AvgIpc) is 2.50. The third-order valence-electron chi connectivity index (χ3n) is 4.14. The van der Waals surface area contributed by atoms with Crippen LogP contribution in [0.3, 0.4) is 0 Å². The molecule has 1 aliphatic carbocycles. The van der Waals surface area contributed by atoms with E-state index in [-0.39, 0.29) is 23.3 Å². The first-order valence-corrected chi connectivity index (χ1v) is 7.73. The highest BCUT2D eigenvalue weighted by molar-refractivity contribution is 5.80. The van der Waals surface area contributed by atoms with E-state index in [0.717, 1.165) is 12.8 Å². The van der Waals surface area contributed by atoms with Crippen LogP contribution in [0.5, 0.6) is 5.75 Å². The average molecular weight is 292 g/mol. The van der Waals surface area contributed by atoms with Crippen LogP contribution in [-0.4, -0.2) is 23.6 Å². The maximum atomic E-state index is 12.5. The van der Waals surface area contributed by atoms with E-state index in [1.54, 1.807) is 18.3 Å². The van der Waals surface area contributed by atoms with E-state index in [0.29, 0.717) is 6.42 Å². The van der Waals surface area contributed by atoms with E-state index >= 15 is 0 Å². The van der Waals surface area contributed by atoms with E-state index in [1.165, 1.54) is 30.9 Å². The van der Waals surface area contributed by atoms with Crippen LogP contribution in [0.4, 0.5) is 0 Å². The second-order valence-corrected chi connectivity index (χ2v) is 5.56. The number of nitrogens with one attached hydrogen (secondary N) is 1. The van der Waals surface area contributed by atoms with Crippen LogP contribution in [-0.2, 0) is 4.79 Å². The van der Waals surface area contributed by atoms with Crippen LogP contribution in [0.1, 0.15) is 51.5 Å². The second kappa shape index (κ2) is 7.29. The van der Waals surface area contributed by atoms with Crippen molar-refractivity contribution in [2.75, 3.05) is 7.11 Å². The van der Waals surface area contributed by atoms with Gasteiger partial charge >= 0.3 is 0 Å². The van der Waals surface area contributed by atoms with Crippen LogP contribution >= 0.6 is 0 Å². The number of carbonyl (C=O) groups is 1. The molecule has 0 radical (unpaired) electrons. The Kier molecular flexibility index (Phi) is 5.42. The molecule has 1 atom stereocenters. The number of hydrogen-bond acceptors (Lipinski definition) is 3. The molecule has 1 aromatic rings. The molecule has 0 unspecified atom stereocenters. The first-order valence-electron chi connectivity index (χ1n) is 7.73. The lowest BCUT2D eigenvalue weighted by atomic mass is 9.95. The highest BCUT2D eigenvalue weighted by atomic mass is 16.5. The fraction of sp³-hybridized carbons (Fsp3) is 0.625. The molecule has 1 N–H and O–H groups in total. The smallest absolute Gasteiger partial charge is 0.293 e. The van der Waals surface area contributed by atoms with Crippen molar-refractivity contribution in [3.8, 4) is 5.75 Å². The van der Waals surface area contributed by atoms with E-state index in [4.69, 9.17) is 4.74 Å². The molecule has 1 amide bonds. The number of carbonyl (C=O) groups excluding carboxylic acids is 1. The maximum absolute atomic E-state index is 12.5. The normalized spacial score (nSPS) is 17.2. The number of amides is 1. The quantitative estimate of drug-likeness (QED) is 0.905. The predicted octanol–water partition coefficient (Wildman–Crippen LogP) is 2.26. The number of aromatic nitrogens is 1. The van der Waals surface area contributed by atoms with Gasteiger partial charge in [-0.15, -0.1) is 0 Å². The zero-order valence-electron chi connectivity index (χ0n) is 12.8. The molecule has 5 nitrogen and oxygen atoms in total. The van der Waals surface area contributed by atoms with Gasteiger partial charge in [-0.2, -0.15) is 0 Å². The molecule has 1 heterocycles. The van der Waals surface area contributed by atoms with Gasteiger partial charge in [0, 0.05) is 12.2 Å². The first kappa shape index (κ1) is 15.6. The molecule has 2 rings (SSSR count). The highest BCUT2D eigenvalue weighted by Gasteiger charge is 2.24. The Morgan fingerprint density at radius 3 is 2.76 bits per heavy atom. The van der Waals surface area contributed by atoms with Crippen molar-refractivity contribution < 1.29 is 9.53 Å². The molecule has 1 aliphatic rings. The van der Waals surface area contributed by atoms with E-state index in [1.807, 2.05) is 6.92 Å². The van der Waals surface area contributed by atoms with Crippen LogP contribution in [0.2, 0.25) is 0 Å². The monoisotopic (exact) mass is 292 g/mol. The van der Waals surface area contributed by atoms with Crippen molar-refractivity contribution in [2.24, 2.45) is 0 Å². The van der Waals surface area contributed by atoms with Crippen LogP contribution in [0.15, 0.2) is 23.1 Å². The van der Waals surface area contributed by atoms with Crippen molar-refractivity contribution in [1.29, 1.82) is 0 Å². The molecule has 21 heavy (non-hydrogen) atoms. The Bertz CT molecular complexity index is 533. The van der Waals surface area contributed by atoms with E-state index in [2.05, 4.69) is 5.32 Å². The largest absolute Gasteiger partial charge is 0.491 e. The molecule has 0 saturated heterocycles. The lowest BCUT2D eigenvalue weighted by Gasteiger charge is -2.26. The first-order chi connectivity index (χ1) is 10.2. The van der Waals surface area contributed by atoms with Gasteiger partial charge in [0.15, 0.2) is 5.75 Å². The summed E-state index contributed by atoms with van der Waals surface area (Å²) in [6, 6.07) is 3.12. The Balaban J connectivity index is 2.15. The molecule has 0 spiro atoms. The summed E-state index contributed by atoms with van der Waals surface area (Å²) in [5, 5.41) is 3.09. The maximum Gasteiger partial charge on any atom is 0.293 e. The summed E-state index contributed by atoms with van der Waals surface area (Å²) in [6.07, 6.45) is 7.88. The van der Waals surface area contributed by atoms with Crippen LogP contribution < -0.4 is 15.6 Å². The molecule has 0 aliphatic heterocycles. The highest BCUT2D eigenvalue weighted by Crippen LogP contribution is 2.19. The number of ether oxygens (including phenoxy) is 1. The van der Waals surface area contributed by atoms with Gasteiger partial charge < -0.3 is 10.1 Å². The molecule has 116 valence electrons. The summed E-state index contributed by atoms with van der Waals surface area (Å²) in [5.41, 5.74) is -0.259. The van der Waals surface area contributed by atoms with Crippen molar-refractivity contribution >= 4 is 5.91 Å². The van der Waals surface area contributed by atoms with Crippen molar-refractivity contribution in [2.45, 2.75) is 57.5 Å². The molecule has 1 saturated carbocycles. The summed E-state index contributed by atoms with van der Waals surface area (Å²) in [4.78, 5) is 24.7. The zero-order chi connectivity index (χ0) is 15.2. The lowest BCUT2D eigenvalue weighted by molar-refractivity contribution is -0.125. The molecule has 1 fully saturated rings. The van der Waals surface area contributed by atoms with Gasteiger partial charge in [-0.1, -0.05) is 26.2 Å². The van der Waals surface area contributed by atoms with E-state index in [9.17, 15) is 9.59 Å². The van der Waals surface area contributed by atoms with Gasteiger partial charge in [0.2, 0.25) is 5.91 Å². The fourth-order valence-electron chi connectivity index (χ4n) is 2.94. The third kappa shape index (κ3) is 3.65. The van der Waals surface area contributed by atoms with Gasteiger partial charge in [0.05, 0.1) is 7.11 Å². The number of nitrogens with zero attached hydrogens (tertiary/aromatic N) is 1. The minimum absolute atomic E-state index is 0.0697. The standard InChI is InChI=1S/C16H24N2O3/c1-3-13(15(19)17-12-8-5-4-6-9-12)18-11-7-10-14(21-2)16(18)20/h7,10-13H,3-6,8-9H2,1-2H3,(H,17,19)/t13-/m1/s1. The Labute approximate surface area is 125 Å². The number of rotatable bonds is 5. The number of hydrogen-bond donors (Lipinski definition) is 1. The SMILES string of the molecule is CC[C@H](C(=O)NC1CCCCC1)n1cccc(OC)c1=O. The van der Waals surface area contributed by atoms with Gasteiger partial charge in [0.25, 0.3) is 5.56 Å². The lowest BCUT2D eigenvalue weighted by Crippen LogP contribution is -2.42. The topological polar surface area (TPSA) is 60.3 Å². The summed E-state index contributed by atoms with van der Waals surface area (Å²) in [6.45, 7) is 1.91. The number of pyridine rings is 1. The van der Waals surface area contributed by atoms with Crippen molar-refractivity contribution in [3.63, 3.8) is 0 Å². The summed E-state index contributed by atoms with van der Waals surface area (Å²) >= 11 is 0. The second-order valence-electron chi connectivity index (χ2n) is 5.56. The molecular weight excluding hydrogens is 268 g/mol. The molecule has 5 heteroatoms. The van der Waals surface area contributed by atoms with E-state index < -0.39 is 6.04 Å². The van der Waals surface area contributed by atoms with Crippen molar-refractivity contribution in [3.05, 3.63) is 28.7 Å².